The molecule has 2 saturated heterocycles. The third-order valence-corrected chi connectivity index (χ3v) is 5.71. The fraction of sp³-hybridized carbons (Fsp3) is 0.600. The van der Waals surface area contributed by atoms with E-state index >= 15 is 0 Å². The largest absolute Gasteiger partial charge is 0.481 e. The molecule has 3 rings (SSSR count). The van der Waals surface area contributed by atoms with Gasteiger partial charge in [-0.05, 0) is 44.6 Å². The summed E-state index contributed by atoms with van der Waals surface area (Å²) in [6.07, 6.45) is 4.80. The summed E-state index contributed by atoms with van der Waals surface area (Å²) in [7, 11) is 0. The minimum Gasteiger partial charge on any atom is -0.481 e. The number of hydrogen-bond acceptors (Lipinski definition) is 3. The van der Waals surface area contributed by atoms with Crippen molar-refractivity contribution >= 4 is 11.9 Å². The Morgan fingerprint density at radius 3 is 2.44 bits per heavy atom. The second-order valence-corrected chi connectivity index (χ2v) is 7.32. The van der Waals surface area contributed by atoms with Crippen LogP contribution < -0.4 is 0 Å². The van der Waals surface area contributed by atoms with E-state index in [2.05, 4.69) is 6.92 Å². The molecule has 0 spiro atoms. The summed E-state index contributed by atoms with van der Waals surface area (Å²) in [5, 5.41) is 9.82. The van der Waals surface area contributed by atoms with Crippen LogP contribution in [0.2, 0.25) is 0 Å². The minimum absolute atomic E-state index is 0.121. The normalized spacial score (nSPS) is 25.7. The molecular formula is C20H27NO4. The summed E-state index contributed by atoms with van der Waals surface area (Å²) in [5.74, 6) is -0.672. The van der Waals surface area contributed by atoms with E-state index in [1.165, 1.54) is 0 Å². The van der Waals surface area contributed by atoms with Crippen LogP contribution in [0.15, 0.2) is 30.3 Å². The van der Waals surface area contributed by atoms with E-state index in [-0.39, 0.29) is 12.0 Å². The number of carbonyl (C=O) groups is 2. The number of hydrogen-bond donors (Lipinski definition) is 1. The third kappa shape index (κ3) is 3.87. The molecule has 0 aromatic heterocycles. The number of carboxylic acids is 1. The van der Waals surface area contributed by atoms with E-state index in [9.17, 15) is 14.7 Å². The van der Waals surface area contributed by atoms with Crippen LogP contribution >= 0.6 is 0 Å². The summed E-state index contributed by atoms with van der Waals surface area (Å²) < 4.78 is 5.77. The van der Waals surface area contributed by atoms with Gasteiger partial charge in [0.1, 0.15) is 0 Å². The number of nitrogens with zero attached hydrogens (tertiary/aromatic N) is 1. The van der Waals surface area contributed by atoms with Crippen LogP contribution in [0.1, 0.15) is 51.0 Å². The van der Waals surface area contributed by atoms with Gasteiger partial charge in [0.05, 0.1) is 17.6 Å². The van der Waals surface area contributed by atoms with Gasteiger partial charge < -0.3 is 14.7 Å². The molecule has 5 nitrogen and oxygen atoms in total. The summed E-state index contributed by atoms with van der Waals surface area (Å²) in [6, 6.07) is 9.40. The molecule has 1 amide bonds. The Balaban J connectivity index is 1.56. The lowest BCUT2D eigenvalue weighted by Crippen LogP contribution is -2.49. The molecular weight excluding hydrogens is 318 g/mol. The molecule has 1 aromatic rings. The highest BCUT2D eigenvalue weighted by molar-refractivity contribution is 5.82. The van der Waals surface area contributed by atoms with Crippen LogP contribution in [-0.2, 0) is 19.7 Å². The highest BCUT2D eigenvalue weighted by Crippen LogP contribution is 2.36. The Bertz CT molecular complexity index is 607. The van der Waals surface area contributed by atoms with Gasteiger partial charge >= 0.3 is 5.97 Å². The SMILES string of the molecule is C[C@H]1CC[C@H](CCC(=O)N2CCC(C(=O)O)(c3ccccc3)CC2)O1. The Morgan fingerprint density at radius 1 is 1.20 bits per heavy atom. The van der Waals surface area contributed by atoms with Crippen molar-refractivity contribution in [3.05, 3.63) is 35.9 Å². The zero-order valence-electron chi connectivity index (χ0n) is 14.8. The van der Waals surface area contributed by atoms with Crippen LogP contribution in [0, 0.1) is 0 Å². The van der Waals surface area contributed by atoms with E-state index in [0.717, 1.165) is 24.8 Å². The van der Waals surface area contributed by atoms with Crippen molar-refractivity contribution in [1.82, 2.24) is 4.90 Å². The maximum atomic E-state index is 12.5. The van der Waals surface area contributed by atoms with Gasteiger partial charge in [-0.1, -0.05) is 30.3 Å². The number of amides is 1. The van der Waals surface area contributed by atoms with Crippen molar-refractivity contribution in [1.29, 1.82) is 0 Å². The molecule has 25 heavy (non-hydrogen) atoms. The van der Waals surface area contributed by atoms with Crippen LogP contribution in [0.4, 0.5) is 0 Å². The van der Waals surface area contributed by atoms with Crippen molar-refractivity contribution in [2.45, 2.75) is 63.1 Å². The molecule has 2 atom stereocenters. The average Bonchev–Trinajstić information content (AvgIpc) is 3.05. The number of aliphatic carboxylic acids is 1. The van der Waals surface area contributed by atoms with Crippen LogP contribution in [0.25, 0.3) is 0 Å². The first-order valence-electron chi connectivity index (χ1n) is 9.23. The van der Waals surface area contributed by atoms with Gasteiger partial charge in [0.15, 0.2) is 0 Å². The molecule has 2 fully saturated rings. The van der Waals surface area contributed by atoms with Gasteiger partial charge in [-0.15, -0.1) is 0 Å². The number of likely N-dealkylation sites (tertiary alicyclic amines) is 1. The number of carbonyl (C=O) groups excluding carboxylic acids is 1. The maximum absolute atomic E-state index is 12.5. The van der Waals surface area contributed by atoms with Crippen molar-refractivity contribution in [3.63, 3.8) is 0 Å². The Hall–Kier alpha value is -1.88. The maximum Gasteiger partial charge on any atom is 0.314 e. The number of rotatable bonds is 5. The summed E-state index contributed by atoms with van der Waals surface area (Å²) in [4.78, 5) is 26.3. The standard InChI is InChI=1S/C20H27NO4/c1-15-7-8-17(25-15)9-10-18(22)21-13-11-20(12-14-21,19(23)24)16-5-3-2-4-6-16/h2-6,15,17H,7-14H2,1H3,(H,23,24)/t15-,17+/m0/s1. The van der Waals surface area contributed by atoms with E-state index in [4.69, 9.17) is 4.74 Å². The lowest BCUT2D eigenvalue weighted by atomic mass is 9.73. The van der Waals surface area contributed by atoms with Crippen molar-refractivity contribution < 1.29 is 19.4 Å². The van der Waals surface area contributed by atoms with E-state index < -0.39 is 11.4 Å². The quantitative estimate of drug-likeness (QED) is 0.891. The van der Waals surface area contributed by atoms with Crippen molar-refractivity contribution in [2.75, 3.05) is 13.1 Å². The lowest BCUT2D eigenvalue weighted by Gasteiger charge is -2.39. The third-order valence-electron chi connectivity index (χ3n) is 5.71. The molecule has 2 aliphatic rings. The van der Waals surface area contributed by atoms with Gasteiger partial charge in [0.25, 0.3) is 0 Å². The fourth-order valence-corrected chi connectivity index (χ4v) is 4.06. The van der Waals surface area contributed by atoms with E-state index in [0.29, 0.717) is 38.5 Å². The second kappa shape index (κ2) is 7.56. The summed E-state index contributed by atoms with van der Waals surface area (Å²) in [6.45, 7) is 3.07. The zero-order valence-corrected chi connectivity index (χ0v) is 14.8. The lowest BCUT2D eigenvalue weighted by molar-refractivity contribution is -0.148. The Kier molecular flexibility index (Phi) is 5.42. The molecule has 0 saturated carbocycles. The minimum atomic E-state index is -0.873. The number of piperidine rings is 1. The molecule has 2 heterocycles. The Morgan fingerprint density at radius 2 is 1.88 bits per heavy atom. The molecule has 136 valence electrons. The number of ether oxygens (including phenoxy) is 1. The first-order chi connectivity index (χ1) is 12.0. The van der Waals surface area contributed by atoms with Crippen LogP contribution in [0.5, 0.6) is 0 Å². The van der Waals surface area contributed by atoms with E-state index in [1.807, 2.05) is 35.2 Å². The van der Waals surface area contributed by atoms with Gasteiger partial charge in [0, 0.05) is 19.5 Å². The van der Waals surface area contributed by atoms with Gasteiger partial charge in [-0.3, -0.25) is 9.59 Å². The predicted molar refractivity (Wildman–Crippen MR) is 94.4 cm³/mol. The number of carboxylic acid groups (broad SMARTS) is 1. The van der Waals surface area contributed by atoms with Gasteiger partial charge in [0.2, 0.25) is 5.91 Å². The van der Waals surface area contributed by atoms with Crippen molar-refractivity contribution in [3.8, 4) is 0 Å². The molecule has 0 unspecified atom stereocenters. The number of benzene rings is 1. The highest BCUT2D eigenvalue weighted by Gasteiger charge is 2.43. The summed E-state index contributed by atoms with van der Waals surface area (Å²) in [5.41, 5.74) is -0.0369. The smallest absolute Gasteiger partial charge is 0.314 e. The highest BCUT2D eigenvalue weighted by atomic mass is 16.5. The molecule has 0 bridgehead atoms. The van der Waals surface area contributed by atoms with E-state index in [1.54, 1.807) is 0 Å². The molecule has 1 N–H and O–H groups in total. The summed E-state index contributed by atoms with van der Waals surface area (Å²) >= 11 is 0. The molecule has 0 aliphatic carbocycles. The monoisotopic (exact) mass is 345 g/mol. The average molecular weight is 345 g/mol. The molecule has 0 radical (unpaired) electrons. The Labute approximate surface area is 149 Å². The molecule has 1 aromatic carbocycles. The van der Waals surface area contributed by atoms with Crippen molar-refractivity contribution in [2.24, 2.45) is 0 Å². The fourth-order valence-electron chi connectivity index (χ4n) is 4.06. The molecule has 2 aliphatic heterocycles. The van der Waals surface area contributed by atoms with Gasteiger partial charge in [-0.25, -0.2) is 0 Å². The van der Waals surface area contributed by atoms with Crippen LogP contribution in [-0.4, -0.2) is 47.2 Å². The van der Waals surface area contributed by atoms with Crippen LogP contribution in [0.3, 0.4) is 0 Å². The second-order valence-electron chi connectivity index (χ2n) is 7.32. The first-order valence-corrected chi connectivity index (χ1v) is 9.23. The first kappa shape index (κ1) is 17.9. The topological polar surface area (TPSA) is 66.8 Å². The molecule has 5 heteroatoms. The zero-order chi connectivity index (χ0) is 17.9. The predicted octanol–water partition coefficient (Wildman–Crippen LogP) is 2.98. The van der Waals surface area contributed by atoms with Gasteiger partial charge in [-0.2, -0.15) is 0 Å².